The molecule has 4 heteroatoms. The third-order valence-electron chi connectivity index (χ3n) is 2.60. The largest absolute Gasteiger partial charge is 0.496 e. The topological polar surface area (TPSA) is 46.5 Å². The van der Waals surface area contributed by atoms with Crippen LogP contribution in [0.2, 0.25) is 0 Å². The zero-order valence-electron chi connectivity index (χ0n) is 11.1. The Morgan fingerprint density at radius 3 is 2.83 bits per heavy atom. The van der Waals surface area contributed by atoms with Crippen molar-refractivity contribution in [3.05, 3.63) is 29.3 Å². The lowest BCUT2D eigenvalue weighted by atomic mass is 10.1. The predicted molar refractivity (Wildman–Crippen MR) is 75.6 cm³/mol. The summed E-state index contributed by atoms with van der Waals surface area (Å²) in [7, 11) is 1.58. The molecule has 0 bridgehead atoms. The molecule has 0 heterocycles. The van der Waals surface area contributed by atoms with Gasteiger partial charge >= 0.3 is 0 Å². The second-order valence-corrected chi connectivity index (χ2v) is 5.46. The fourth-order valence-corrected chi connectivity index (χ4v) is 2.48. The highest BCUT2D eigenvalue weighted by atomic mass is 32.2. The Hall–Kier alpha value is -1.00. The minimum Gasteiger partial charge on any atom is -0.496 e. The summed E-state index contributed by atoms with van der Waals surface area (Å²) in [6, 6.07) is 5.59. The molecule has 18 heavy (non-hydrogen) atoms. The van der Waals surface area contributed by atoms with Crippen molar-refractivity contribution in [1.82, 2.24) is 0 Å². The molecular formula is C14H20O3S. The van der Waals surface area contributed by atoms with Gasteiger partial charge in [0.05, 0.1) is 18.4 Å². The van der Waals surface area contributed by atoms with E-state index in [1.165, 1.54) is 0 Å². The lowest BCUT2D eigenvalue weighted by molar-refractivity contribution is 0.101. The normalized spacial score (nSPS) is 12.2. The number of rotatable bonds is 7. The highest BCUT2D eigenvalue weighted by Gasteiger charge is 2.12. The lowest BCUT2D eigenvalue weighted by Crippen LogP contribution is -2.09. The Morgan fingerprint density at radius 1 is 1.50 bits per heavy atom. The third kappa shape index (κ3) is 4.35. The number of ketones is 1. The second kappa shape index (κ2) is 7.44. The molecule has 3 nitrogen and oxygen atoms in total. The Morgan fingerprint density at radius 2 is 2.22 bits per heavy atom. The summed E-state index contributed by atoms with van der Waals surface area (Å²) in [4.78, 5) is 12.0. The quantitative estimate of drug-likeness (QED) is 0.772. The van der Waals surface area contributed by atoms with E-state index >= 15 is 0 Å². The molecule has 1 aromatic carbocycles. The molecule has 100 valence electrons. The molecule has 0 aliphatic heterocycles. The van der Waals surface area contributed by atoms with Crippen molar-refractivity contribution in [1.29, 1.82) is 0 Å². The summed E-state index contributed by atoms with van der Waals surface area (Å²) < 4.78 is 5.23. The van der Waals surface area contributed by atoms with E-state index in [1.807, 2.05) is 32.0 Å². The number of hydrogen-bond acceptors (Lipinski definition) is 4. The van der Waals surface area contributed by atoms with Crippen molar-refractivity contribution < 1.29 is 14.6 Å². The van der Waals surface area contributed by atoms with Crippen molar-refractivity contribution in [3.63, 3.8) is 0 Å². The van der Waals surface area contributed by atoms with E-state index in [4.69, 9.17) is 9.84 Å². The van der Waals surface area contributed by atoms with E-state index in [1.54, 1.807) is 18.9 Å². The Balaban J connectivity index is 2.61. The Bertz CT molecular complexity index is 404. The summed E-state index contributed by atoms with van der Waals surface area (Å²) in [5.74, 6) is 2.14. The number of methoxy groups -OCH3 is 1. The van der Waals surface area contributed by atoms with E-state index < -0.39 is 0 Å². The lowest BCUT2D eigenvalue weighted by Gasteiger charge is -2.09. The van der Waals surface area contributed by atoms with Crippen molar-refractivity contribution in [3.8, 4) is 5.75 Å². The molecule has 0 radical (unpaired) electrons. The van der Waals surface area contributed by atoms with Gasteiger partial charge in [0.25, 0.3) is 0 Å². The van der Waals surface area contributed by atoms with Gasteiger partial charge in [0, 0.05) is 6.61 Å². The fourth-order valence-electron chi connectivity index (χ4n) is 1.51. The van der Waals surface area contributed by atoms with Gasteiger partial charge in [-0.1, -0.05) is 13.0 Å². The van der Waals surface area contributed by atoms with Crippen LogP contribution in [0.5, 0.6) is 5.75 Å². The first kappa shape index (κ1) is 15.1. The van der Waals surface area contributed by atoms with Crippen LogP contribution in [0.25, 0.3) is 0 Å². The number of carbonyl (C=O) groups excluding carboxylic acids is 1. The van der Waals surface area contributed by atoms with E-state index in [2.05, 4.69) is 0 Å². The number of aryl methyl sites for hydroxylation is 1. The summed E-state index contributed by atoms with van der Waals surface area (Å²) in [5, 5.41) is 8.91. The van der Waals surface area contributed by atoms with Gasteiger partial charge in [-0.2, -0.15) is 11.8 Å². The minimum atomic E-state index is 0.0713. The number of benzene rings is 1. The molecule has 1 aromatic rings. The smallest absolute Gasteiger partial charge is 0.176 e. The van der Waals surface area contributed by atoms with Crippen molar-refractivity contribution >= 4 is 17.5 Å². The van der Waals surface area contributed by atoms with Gasteiger partial charge in [0.1, 0.15) is 5.75 Å². The zero-order chi connectivity index (χ0) is 13.5. The number of aliphatic hydroxyl groups is 1. The van der Waals surface area contributed by atoms with Crippen LogP contribution < -0.4 is 4.74 Å². The third-order valence-corrected chi connectivity index (χ3v) is 3.88. The molecule has 1 N–H and O–H groups in total. The molecular weight excluding hydrogens is 248 g/mol. The van der Waals surface area contributed by atoms with Crippen LogP contribution in [0.1, 0.15) is 22.8 Å². The molecule has 1 rings (SSSR count). The van der Waals surface area contributed by atoms with Crippen molar-refractivity contribution in [2.45, 2.75) is 13.8 Å². The Labute approximate surface area is 113 Å². The number of thioether (sulfide) groups is 1. The highest BCUT2D eigenvalue weighted by Crippen LogP contribution is 2.22. The average molecular weight is 268 g/mol. The zero-order valence-corrected chi connectivity index (χ0v) is 11.9. The summed E-state index contributed by atoms with van der Waals surface area (Å²) in [6.45, 7) is 4.09. The van der Waals surface area contributed by atoms with Gasteiger partial charge in [-0.05, 0) is 36.3 Å². The summed E-state index contributed by atoms with van der Waals surface area (Å²) in [5.41, 5.74) is 1.71. The first-order valence-electron chi connectivity index (χ1n) is 5.95. The van der Waals surface area contributed by atoms with Crippen LogP contribution in [0.15, 0.2) is 18.2 Å². The monoisotopic (exact) mass is 268 g/mol. The Kier molecular flexibility index (Phi) is 6.22. The van der Waals surface area contributed by atoms with E-state index in [0.29, 0.717) is 17.1 Å². The molecule has 0 aliphatic carbocycles. The molecule has 0 saturated heterocycles. The minimum absolute atomic E-state index is 0.0713. The standard InChI is InChI=1S/C14H20O3S/c1-10-4-5-12(14(6-10)17-3)13(16)9-18-8-11(2)7-15/h4-6,11,15H,7-9H2,1-3H3. The molecule has 0 saturated carbocycles. The van der Waals surface area contributed by atoms with Gasteiger partial charge in [0.15, 0.2) is 5.78 Å². The van der Waals surface area contributed by atoms with Gasteiger partial charge in [0.2, 0.25) is 0 Å². The number of carbonyl (C=O) groups is 1. The number of aliphatic hydroxyl groups excluding tert-OH is 1. The molecule has 1 atom stereocenters. The van der Waals surface area contributed by atoms with E-state index in [-0.39, 0.29) is 18.3 Å². The van der Waals surface area contributed by atoms with Crippen LogP contribution in [0.3, 0.4) is 0 Å². The number of ether oxygens (including phenoxy) is 1. The average Bonchev–Trinajstić information content (AvgIpc) is 2.37. The fraction of sp³-hybridized carbons (Fsp3) is 0.500. The number of hydrogen-bond donors (Lipinski definition) is 1. The van der Waals surface area contributed by atoms with E-state index in [0.717, 1.165) is 11.3 Å². The van der Waals surface area contributed by atoms with Crippen LogP contribution >= 0.6 is 11.8 Å². The first-order chi connectivity index (χ1) is 8.58. The van der Waals surface area contributed by atoms with Crippen molar-refractivity contribution in [2.75, 3.05) is 25.2 Å². The highest BCUT2D eigenvalue weighted by molar-refractivity contribution is 7.99. The van der Waals surface area contributed by atoms with E-state index in [9.17, 15) is 4.79 Å². The van der Waals surface area contributed by atoms with Crippen LogP contribution in [-0.2, 0) is 0 Å². The number of Topliss-reactive ketones (excluding diaryl/α,β-unsaturated/α-hetero) is 1. The van der Waals surface area contributed by atoms with Gasteiger partial charge in [-0.3, -0.25) is 4.79 Å². The second-order valence-electron chi connectivity index (χ2n) is 4.43. The summed E-state index contributed by atoms with van der Waals surface area (Å²) in [6.07, 6.45) is 0. The molecule has 0 fully saturated rings. The molecule has 0 amide bonds. The van der Waals surface area contributed by atoms with Crippen molar-refractivity contribution in [2.24, 2.45) is 5.92 Å². The van der Waals surface area contributed by atoms with Gasteiger partial charge in [-0.15, -0.1) is 0 Å². The maximum absolute atomic E-state index is 12.0. The molecule has 1 unspecified atom stereocenters. The predicted octanol–water partition coefficient (Wildman–Crippen LogP) is 2.55. The van der Waals surface area contributed by atoms with Gasteiger partial charge in [-0.25, -0.2) is 0 Å². The maximum atomic E-state index is 12.0. The summed E-state index contributed by atoms with van der Waals surface area (Å²) >= 11 is 1.55. The van der Waals surface area contributed by atoms with Gasteiger partial charge < -0.3 is 9.84 Å². The SMILES string of the molecule is COc1cc(C)ccc1C(=O)CSCC(C)CO. The molecule has 0 aliphatic rings. The van der Waals surface area contributed by atoms with Crippen LogP contribution in [0, 0.1) is 12.8 Å². The van der Waals surface area contributed by atoms with Crippen LogP contribution in [-0.4, -0.2) is 36.1 Å². The first-order valence-corrected chi connectivity index (χ1v) is 7.10. The molecule has 0 spiro atoms. The van der Waals surface area contributed by atoms with Crippen LogP contribution in [0.4, 0.5) is 0 Å². The maximum Gasteiger partial charge on any atom is 0.176 e. The molecule has 0 aromatic heterocycles.